The Morgan fingerprint density at radius 3 is 2.48 bits per heavy atom. The first-order valence-corrected chi connectivity index (χ1v) is 7.58. The fraction of sp³-hybridized carbons (Fsp3) is 0.167. The number of aliphatic hydroxyl groups is 1. The lowest BCUT2D eigenvalue weighted by Crippen LogP contribution is -2.34. The number of halogens is 4. The average Bonchev–Trinajstić information content (AvgIpc) is 2.44. The molecule has 1 aromatic heterocycles. The molecule has 2 N–H and O–H groups in total. The normalized spacial score (nSPS) is 13.0. The number of hydrogen-bond donors (Lipinski definition) is 2. The molecule has 1 aromatic carbocycles. The maximum Gasteiger partial charge on any atom is 0.287 e. The number of anilines is 1. The summed E-state index contributed by atoms with van der Waals surface area (Å²) in [6.07, 6.45) is -0.148. The van der Waals surface area contributed by atoms with Crippen molar-refractivity contribution < 1.29 is 5.11 Å². The van der Waals surface area contributed by atoms with Crippen LogP contribution in [-0.2, 0) is 0 Å². The predicted molar refractivity (Wildman–Crippen MR) is 87.5 cm³/mol. The summed E-state index contributed by atoms with van der Waals surface area (Å²) in [5.74, 6) is 0. The highest BCUT2D eigenvalue weighted by Gasteiger charge is 2.31. The van der Waals surface area contributed by atoms with E-state index in [0.29, 0.717) is 5.69 Å². The smallest absolute Gasteiger partial charge is 0.287 e. The van der Waals surface area contributed by atoms with Crippen molar-refractivity contribution in [2.75, 3.05) is 5.32 Å². The first-order chi connectivity index (χ1) is 9.80. The highest BCUT2D eigenvalue weighted by atomic mass is 79.9. The summed E-state index contributed by atoms with van der Waals surface area (Å²) in [5, 5.41) is 16.2. The molecule has 2 aromatic rings. The second-order valence-corrected chi connectivity index (χ2v) is 7.18. The number of aromatic nitrogens is 2. The van der Waals surface area contributed by atoms with E-state index in [9.17, 15) is 9.90 Å². The minimum Gasteiger partial charge on any atom is -0.370 e. The lowest BCUT2D eigenvalue weighted by atomic mass is 10.3. The zero-order valence-electron chi connectivity index (χ0n) is 10.3. The van der Waals surface area contributed by atoms with Gasteiger partial charge in [-0.15, -0.1) is 0 Å². The highest BCUT2D eigenvalue weighted by molar-refractivity contribution is 9.10. The molecule has 1 heterocycles. The molecule has 0 bridgehead atoms. The maximum absolute atomic E-state index is 12.3. The van der Waals surface area contributed by atoms with Crippen molar-refractivity contribution in [3.63, 3.8) is 0 Å². The van der Waals surface area contributed by atoms with Gasteiger partial charge in [0, 0.05) is 0 Å². The van der Waals surface area contributed by atoms with E-state index in [1.807, 2.05) is 6.07 Å². The molecule has 0 radical (unpaired) electrons. The molecule has 5 nitrogen and oxygen atoms in total. The quantitative estimate of drug-likeness (QED) is 0.600. The van der Waals surface area contributed by atoms with Gasteiger partial charge in [-0.2, -0.15) is 9.78 Å². The Bertz CT molecular complexity index is 688. The van der Waals surface area contributed by atoms with Gasteiger partial charge in [-0.05, 0) is 28.1 Å². The van der Waals surface area contributed by atoms with Crippen molar-refractivity contribution in [2.45, 2.75) is 10.0 Å². The van der Waals surface area contributed by atoms with Crippen LogP contribution in [0.25, 0.3) is 5.69 Å². The van der Waals surface area contributed by atoms with Gasteiger partial charge in [-0.25, -0.2) is 0 Å². The van der Waals surface area contributed by atoms with E-state index in [4.69, 9.17) is 34.8 Å². The topological polar surface area (TPSA) is 67.2 Å². The third-order valence-corrected chi connectivity index (χ3v) is 3.91. The second kappa shape index (κ2) is 6.54. The molecule has 0 saturated carbocycles. The largest absolute Gasteiger partial charge is 0.370 e. The van der Waals surface area contributed by atoms with Gasteiger partial charge in [0.1, 0.15) is 4.47 Å². The van der Waals surface area contributed by atoms with Crippen LogP contribution >= 0.6 is 50.7 Å². The number of rotatable bonds is 3. The van der Waals surface area contributed by atoms with E-state index in [1.165, 1.54) is 10.9 Å². The zero-order valence-corrected chi connectivity index (χ0v) is 14.2. The number of alkyl halides is 3. The van der Waals surface area contributed by atoms with Gasteiger partial charge in [0.25, 0.3) is 5.56 Å². The number of nitrogens with one attached hydrogen (secondary N) is 1. The van der Waals surface area contributed by atoms with E-state index in [2.05, 4.69) is 26.3 Å². The Balaban J connectivity index is 2.37. The van der Waals surface area contributed by atoms with Gasteiger partial charge in [0.05, 0.1) is 17.6 Å². The molecule has 112 valence electrons. The Morgan fingerprint density at radius 1 is 1.29 bits per heavy atom. The summed E-state index contributed by atoms with van der Waals surface area (Å²) >= 11 is 19.8. The SMILES string of the molecule is O=c1c(Br)c(NC(O)C(Cl)(Cl)Cl)cnn1-c1ccccc1. The van der Waals surface area contributed by atoms with Gasteiger partial charge in [0.15, 0.2) is 6.23 Å². The van der Waals surface area contributed by atoms with E-state index >= 15 is 0 Å². The first kappa shape index (κ1) is 16.6. The van der Waals surface area contributed by atoms with Crippen LogP contribution in [-0.4, -0.2) is 24.9 Å². The molecule has 0 saturated heterocycles. The average molecular weight is 413 g/mol. The minimum atomic E-state index is -1.94. The molecule has 1 unspecified atom stereocenters. The maximum atomic E-state index is 12.3. The van der Waals surface area contributed by atoms with Crippen LogP contribution in [0.3, 0.4) is 0 Å². The van der Waals surface area contributed by atoms with Gasteiger partial charge in [-0.3, -0.25) is 4.79 Å². The summed E-state index contributed by atoms with van der Waals surface area (Å²) in [6, 6.07) is 8.89. The Hall–Kier alpha value is -0.790. The van der Waals surface area contributed by atoms with Crippen LogP contribution in [0.2, 0.25) is 0 Å². The van der Waals surface area contributed by atoms with Gasteiger partial charge in [0.2, 0.25) is 3.79 Å². The molecule has 0 aliphatic heterocycles. The molecule has 1 atom stereocenters. The predicted octanol–water partition coefficient (Wildman–Crippen LogP) is 3.10. The van der Waals surface area contributed by atoms with Crippen molar-refractivity contribution in [3.8, 4) is 5.69 Å². The number of para-hydroxylation sites is 1. The summed E-state index contributed by atoms with van der Waals surface area (Å²) in [4.78, 5) is 12.3. The lowest BCUT2D eigenvalue weighted by Gasteiger charge is -2.21. The third kappa shape index (κ3) is 3.90. The van der Waals surface area contributed by atoms with Gasteiger partial charge >= 0.3 is 0 Å². The zero-order chi connectivity index (χ0) is 15.6. The summed E-state index contributed by atoms with van der Waals surface area (Å²) in [7, 11) is 0. The van der Waals surface area contributed by atoms with Crippen LogP contribution in [0.15, 0.2) is 45.8 Å². The molecular formula is C12H9BrCl3N3O2. The molecule has 0 amide bonds. The van der Waals surface area contributed by atoms with Crippen molar-refractivity contribution in [2.24, 2.45) is 0 Å². The number of aliphatic hydroxyl groups excluding tert-OH is 1. The minimum absolute atomic E-state index is 0.162. The van der Waals surface area contributed by atoms with E-state index in [-0.39, 0.29) is 10.2 Å². The highest BCUT2D eigenvalue weighted by Crippen LogP contribution is 2.31. The van der Waals surface area contributed by atoms with Crippen molar-refractivity contribution in [1.82, 2.24) is 9.78 Å². The Kier molecular flexibility index (Phi) is 5.16. The molecule has 9 heteroatoms. The van der Waals surface area contributed by atoms with Crippen molar-refractivity contribution >= 4 is 56.4 Å². The molecule has 0 fully saturated rings. The van der Waals surface area contributed by atoms with Crippen LogP contribution < -0.4 is 10.9 Å². The molecule has 21 heavy (non-hydrogen) atoms. The molecule has 0 spiro atoms. The lowest BCUT2D eigenvalue weighted by molar-refractivity contribution is 0.208. The Morgan fingerprint density at radius 2 is 1.90 bits per heavy atom. The molecule has 0 aliphatic rings. The van der Waals surface area contributed by atoms with Gasteiger partial charge < -0.3 is 10.4 Å². The molecule has 0 aliphatic carbocycles. The van der Waals surface area contributed by atoms with Crippen LogP contribution in [0, 0.1) is 0 Å². The van der Waals surface area contributed by atoms with Crippen molar-refractivity contribution in [3.05, 3.63) is 51.4 Å². The fourth-order valence-corrected chi connectivity index (χ4v) is 2.06. The Labute approximate surface area is 143 Å². The van der Waals surface area contributed by atoms with E-state index < -0.39 is 15.6 Å². The first-order valence-electron chi connectivity index (χ1n) is 5.65. The van der Waals surface area contributed by atoms with Crippen LogP contribution in [0.5, 0.6) is 0 Å². The standard InChI is InChI=1S/C12H9BrCl3N3O2/c13-9-8(18-11(21)12(14,15)16)6-17-19(10(9)20)7-4-2-1-3-5-7/h1-6,11,18,21H. The number of benzene rings is 1. The van der Waals surface area contributed by atoms with Crippen LogP contribution in [0.1, 0.15) is 0 Å². The van der Waals surface area contributed by atoms with E-state index in [0.717, 1.165) is 0 Å². The fourth-order valence-electron chi connectivity index (χ4n) is 1.52. The summed E-state index contributed by atoms with van der Waals surface area (Å²) in [6.45, 7) is 0. The third-order valence-electron chi connectivity index (χ3n) is 2.52. The van der Waals surface area contributed by atoms with E-state index in [1.54, 1.807) is 24.3 Å². The van der Waals surface area contributed by atoms with Crippen molar-refractivity contribution in [1.29, 1.82) is 0 Å². The molecular weight excluding hydrogens is 404 g/mol. The van der Waals surface area contributed by atoms with Crippen LogP contribution in [0.4, 0.5) is 5.69 Å². The summed E-state index contributed by atoms with van der Waals surface area (Å²) in [5.41, 5.74) is 0.408. The van der Waals surface area contributed by atoms with Gasteiger partial charge in [-0.1, -0.05) is 53.0 Å². The second-order valence-electron chi connectivity index (χ2n) is 4.01. The number of hydrogen-bond acceptors (Lipinski definition) is 4. The molecule has 2 rings (SSSR count). The monoisotopic (exact) mass is 411 g/mol. The number of nitrogens with zero attached hydrogens (tertiary/aromatic N) is 2. The summed E-state index contributed by atoms with van der Waals surface area (Å²) < 4.78 is -0.570.